The average molecular weight is 393 g/mol. The molecule has 0 radical (unpaired) electrons. The fourth-order valence-corrected chi connectivity index (χ4v) is 2.29. The van der Waals surface area contributed by atoms with E-state index in [1.165, 1.54) is 0 Å². The van der Waals surface area contributed by atoms with Crippen LogP contribution in [0.4, 0.5) is 5.69 Å². The minimum atomic E-state index is -0.258. The highest BCUT2D eigenvalue weighted by atomic mass is 16.1. The number of rotatable bonds is 6. The third kappa shape index (κ3) is 6.47. The first-order valence-electron chi connectivity index (χ1n) is 8.55. The van der Waals surface area contributed by atoms with Crippen LogP contribution in [-0.2, 0) is 0 Å². The van der Waals surface area contributed by atoms with Crippen molar-refractivity contribution in [2.75, 3.05) is 5.32 Å². The Morgan fingerprint density at radius 1 is 0.724 bits per heavy atom. The van der Waals surface area contributed by atoms with E-state index in [0.717, 1.165) is 0 Å². The Kier molecular flexibility index (Phi) is 7.02. The van der Waals surface area contributed by atoms with Gasteiger partial charge in [0.2, 0.25) is 11.9 Å². The van der Waals surface area contributed by atoms with Crippen molar-refractivity contribution in [2.45, 2.75) is 13.8 Å². The van der Waals surface area contributed by atoms with E-state index >= 15 is 0 Å². The van der Waals surface area contributed by atoms with Crippen LogP contribution in [0.15, 0.2) is 68.9 Å². The molecule has 0 spiro atoms. The second-order valence-electron chi connectivity index (χ2n) is 6.04. The van der Waals surface area contributed by atoms with Crippen LogP contribution < -0.4 is 28.3 Å². The molecule has 0 aliphatic carbocycles. The van der Waals surface area contributed by atoms with Crippen LogP contribution in [0.25, 0.3) is 0 Å². The monoisotopic (exact) mass is 393 g/mol. The zero-order valence-electron chi connectivity index (χ0n) is 16.1. The second kappa shape index (κ2) is 9.65. The van der Waals surface area contributed by atoms with Gasteiger partial charge < -0.3 is 28.3 Å². The number of hydrogen-bond donors (Lipinski definition) is 5. The van der Waals surface area contributed by atoms with Gasteiger partial charge >= 0.3 is 0 Å². The van der Waals surface area contributed by atoms with Gasteiger partial charge in [0.15, 0.2) is 0 Å². The Balaban J connectivity index is 2.48. The zero-order valence-corrected chi connectivity index (χ0v) is 16.1. The Labute approximate surface area is 168 Å². The molecule has 0 fully saturated rings. The summed E-state index contributed by atoms with van der Waals surface area (Å²) in [6.45, 7) is 3.47. The molecule has 1 amide bonds. The summed E-state index contributed by atoms with van der Waals surface area (Å²) < 4.78 is 0. The summed E-state index contributed by atoms with van der Waals surface area (Å²) in [5.41, 5.74) is 24.8. The van der Waals surface area contributed by atoms with Crippen molar-refractivity contribution in [1.82, 2.24) is 0 Å². The maximum atomic E-state index is 12.5. The molecule has 2 aromatic rings. The predicted molar refractivity (Wildman–Crippen MR) is 117 cm³/mol. The minimum absolute atomic E-state index is 0.163. The van der Waals surface area contributed by atoms with E-state index in [9.17, 15) is 4.79 Å². The van der Waals surface area contributed by atoms with E-state index in [1.807, 2.05) is 6.07 Å². The van der Waals surface area contributed by atoms with Crippen LogP contribution >= 0.6 is 0 Å². The number of nitrogens with one attached hydrogen (secondary N) is 1. The van der Waals surface area contributed by atoms with Gasteiger partial charge in [0, 0.05) is 22.4 Å². The molecule has 0 atom stereocenters. The topological polar surface area (TPSA) is 183 Å². The normalized spacial score (nSPS) is 11.5. The number of nitrogens with two attached hydrogens (primary N) is 4. The molecule has 10 heteroatoms. The molecular weight excluding hydrogens is 370 g/mol. The highest BCUT2D eigenvalue weighted by Gasteiger charge is 2.10. The van der Waals surface area contributed by atoms with Gasteiger partial charge in [0.05, 0.1) is 11.4 Å². The summed E-state index contributed by atoms with van der Waals surface area (Å²) in [4.78, 5) is 12.5. The highest BCUT2D eigenvalue weighted by molar-refractivity contribution is 6.08. The first kappa shape index (κ1) is 21.1. The van der Waals surface area contributed by atoms with Crippen molar-refractivity contribution in [1.29, 1.82) is 0 Å². The van der Waals surface area contributed by atoms with Crippen LogP contribution in [0.3, 0.4) is 0 Å². The molecule has 0 saturated heterocycles. The van der Waals surface area contributed by atoms with Gasteiger partial charge in [-0.15, -0.1) is 10.2 Å². The van der Waals surface area contributed by atoms with Crippen LogP contribution in [0.1, 0.15) is 35.3 Å². The molecule has 10 nitrogen and oxygen atoms in total. The van der Waals surface area contributed by atoms with E-state index in [4.69, 9.17) is 22.9 Å². The van der Waals surface area contributed by atoms with E-state index in [-0.39, 0.29) is 17.8 Å². The molecule has 150 valence electrons. The number of nitrogens with zero attached hydrogens (tertiary/aromatic N) is 4. The van der Waals surface area contributed by atoms with Gasteiger partial charge in [-0.25, -0.2) is 0 Å². The molecule has 29 heavy (non-hydrogen) atoms. The molecule has 2 rings (SSSR count). The summed E-state index contributed by atoms with van der Waals surface area (Å²) in [5.74, 6) is -0.585. The molecule has 0 unspecified atom stereocenters. The van der Waals surface area contributed by atoms with Gasteiger partial charge in [0.25, 0.3) is 5.91 Å². The lowest BCUT2D eigenvalue weighted by Gasteiger charge is -2.11. The number of anilines is 1. The van der Waals surface area contributed by atoms with Crippen molar-refractivity contribution >= 4 is 34.9 Å². The zero-order chi connectivity index (χ0) is 21.4. The maximum absolute atomic E-state index is 12.5. The molecule has 0 bridgehead atoms. The summed E-state index contributed by atoms with van der Waals surface area (Å²) in [7, 11) is 0. The van der Waals surface area contributed by atoms with Crippen LogP contribution in [0.2, 0.25) is 0 Å². The molecule has 2 aromatic carbocycles. The Hall–Kier alpha value is -4.21. The van der Waals surface area contributed by atoms with Gasteiger partial charge in [-0.05, 0) is 44.2 Å². The Bertz CT molecular complexity index is 947. The lowest BCUT2D eigenvalue weighted by atomic mass is 10.0. The number of guanidine groups is 2. The van der Waals surface area contributed by atoms with Crippen molar-refractivity contribution < 1.29 is 4.79 Å². The van der Waals surface area contributed by atoms with Gasteiger partial charge in [-0.2, -0.15) is 10.2 Å². The van der Waals surface area contributed by atoms with Crippen LogP contribution in [0, 0.1) is 0 Å². The third-order valence-corrected chi connectivity index (χ3v) is 3.69. The van der Waals surface area contributed by atoms with Crippen LogP contribution in [0.5, 0.6) is 0 Å². The van der Waals surface area contributed by atoms with Crippen LogP contribution in [-0.4, -0.2) is 29.2 Å². The molecular formula is C19H23N9O. The second-order valence-corrected chi connectivity index (χ2v) is 6.04. The number of carbonyl (C=O) groups excluding carboxylic acids is 1. The van der Waals surface area contributed by atoms with E-state index in [1.54, 1.807) is 56.3 Å². The largest absolute Gasteiger partial charge is 0.369 e. The molecule has 0 aliphatic rings. The predicted octanol–water partition coefficient (Wildman–Crippen LogP) is 0.934. The summed E-state index contributed by atoms with van der Waals surface area (Å²) >= 11 is 0. The number of hydrogen-bond acceptors (Lipinski definition) is 5. The number of benzene rings is 2. The summed E-state index contributed by atoms with van der Waals surface area (Å²) in [6, 6.07) is 14.2. The van der Waals surface area contributed by atoms with E-state index in [2.05, 4.69) is 25.7 Å². The average Bonchev–Trinajstić information content (AvgIpc) is 2.70. The lowest BCUT2D eigenvalue weighted by molar-refractivity contribution is 0.102. The minimum Gasteiger partial charge on any atom is -0.369 e. The molecule has 0 aromatic heterocycles. The van der Waals surface area contributed by atoms with Crippen molar-refractivity contribution in [2.24, 2.45) is 43.3 Å². The number of amides is 1. The van der Waals surface area contributed by atoms with E-state index in [0.29, 0.717) is 33.8 Å². The van der Waals surface area contributed by atoms with E-state index < -0.39 is 0 Å². The standard InChI is InChI=1S/C19H23N9O/c1-11(25-27-18(20)21)14-8-15(12(2)26-28-19(22)23)10-16(9-14)24-17(29)13-6-4-3-5-7-13/h3-10H,1-2H3,(H,24,29)(H4,20,21,27)(H4,22,23,28). The fourth-order valence-electron chi connectivity index (χ4n) is 2.29. The Morgan fingerprint density at radius 3 is 1.66 bits per heavy atom. The summed E-state index contributed by atoms with van der Waals surface area (Å²) in [6.07, 6.45) is 0. The van der Waals surface area contributed by atoms with Crippen molar-refractivity contribution in [3.8, 4) is 0 Å². The first-order valence-corrected chi connectivity index (χ1v) is 8.55. The van der Waals surface area contributed by atoms with Crippen molar-refractivity contribution in [3.63, 3.8) is 0 Å². The smallest absolute Gasteiger partial charge is 0.255 e. The maximum Gasteiger partial charge on any atom is 0.255 e. The molecule has 0 heterocycles. The molecule has 0 aliphatic heterocycles. The third-order valence-electron chi connectivity index (χ3n) is 3.69. The quantitative estimate of drug-likeness (QED) is 0.277. The van der Waals surface area contributed by atoms with Gasteiger partial charge in [0.1, 0.15) is 0 Å². The Morgan fingerprint density at radius 2 is 1.21 bits per heavy atom. The van der Waals surface area contributed by atoms with Gasteiger partial charge in [-0.3, -0.25) is 4.79 Å². The van der Waals surface area contributed by atoms with Gasteiger partial charge in [-0.1, -0.05) is 18.2 Å². The summed E-state index contributed by atoms with van der Waals surface area (Å²) in [5, 5.41) is 18.1. The van der Waals surface area contributed by atoms with Crippen molar-refractivity contribution in [3.05, 3.63) is 65.2 Å². The number of carbonyl (C=O) groups is 1. The molecule has 0 saturated carbocycles. The first-order chi connectivity index (χ1) is 13.8. The highest BCUT2D eigenvalue weighted by Crippen LogP contribution is 2.18. The fraction of sp³-hybridized carbons (Fsp3) is 0.105. The lowest BCUT2D eigenvalue weighted by Crippen LogP contribution is -2.22. The molecule has 9 N–H and O–H groups in total. The SMILES string of the molecule is CC(=NN=C(N)N)c1cc(NC(=O)c2ccccc2)cc(C(C)=NN=C(N)N)c1.